The first kappa shape index (κ1) is 15.9. The zero-order valence-corrected chi connectivity index (χ0v) is 14.0. The first-order chi connectivity index (χ1) is 10.6. The SMILES string of the molecule is C[C@@H]1C[C@@H](c2cccnc2)N(S(=O)(=O)CCN2CCCC2)C1. The lowest BCUT2D eigenvalue weighted by molar-refractivity contribution is 0.348. The van der Waals surface area contributed by atoms with Crippen LogP contribution in [-0.2, 0) is 10.0 Å². The Hall–Kier alpha value is -0.980. The van der Waals surface area contributed by atoms with Crippen LogP contribution >= 0.6 is 0 Å². The van der Waals surface area contributed by atoms with E-state index < -0.39 is 10.0 Å². The second-order valence-electron chi connectivity index (χ2n) is 6.58. The van der Waals surface area contributed by atoms with Crippen LogP contribution in [0.3, 0.4) is 0 Å². The summed E-state index contributed by atoms with van der Waals surface area (Å²) in [5.41, 5.74) is 1.01. The predicted molar refractivity (Wildman–Crippen MR) is 86.9 cm³/mol. The maximum atomic E-state index is 12.8. The Labute approximate surface area is 133 Å². The first-order valence-corrected chi connectivity index (χ1v) is 9.79. The van der Waals surface area contributed by atoms with Gasteiger partial charge in [0.1, 0.15) is 0 Å². The number of likely N-dealkylation sites (tertiary alicyclic amines) is 1. The number of aromatic nitrogens is 1. The molecule has 0 spiro atoms. The van der Waals surface area contributed by atoms with E-state index in [0.29, 0.717) is 19.0 Å². The highest BCUT2D eigenvalue weighted by atomic mass is 32.2. The summed E-state index contributed by atoms with van der Waals surface area (Å²) in [6.07, 6.45) is 6.80. The third-order valence-electron chi connectivity index (χ3n) is 4.76. The van der Waals surface area contributed by atoms with E-state index in [1.807, 2.05) is 12.1 Å². The number of pyridine rings is 1. The average molecular weight is 323 g/mol. The van der Waals surface area contributed by atoms with Crippen LogP contribution < -0.4 is 0 Å². The van der Waals surface area contributed by atoms with Gasteiger partial charge in [-0.05, 0) is 49.9 Å². The maximum absolute atomic E-state index is 12.8. The highest BCUT2D eigenvalue weighted by Crippen LogP contribution is 2.37. The van der Waals surface area contributed by atoms with Gasteiger partial charge in [-0.25, -0.2) is 8.42 Å². The van der Waals surface area contributed by atoms with Crippen molar-refractivity contribution < 1.29 is 8.42 Å². The third kappa shape index (κ3) is 3.50. The molecule has 1 aromatic heterocycles. The lowest BCUT2D eigenvalue weighted by Crippen LogP contribution is -2.37. The largest absolute Gasteiger partial charge is 0.302 e. The van der Waals surface area contributed by atoms with Gasteiger partial charge >= 0.3 is 0 Å². The van der Waals surface area contributed by atoms with E-state index in [0.717, 1.165) is 25.1 Å². The Morgan fingerprint density at radius 2 is 2.09 bits per heavy atom. The Bertz CT molecular complexity index is 585. The van der Waals surface area contributed by atoms with E-state index in [-0.39, 0.29) is 11.8 Å². The lowest BCUT2D eigenvalue weighted by Gasteiger charge is -2.25. The normalized spacial score (nSPS) is 27.5. The van der Waals surface area contributed by atoms with Gasteiger partial charge in [-0.1, -0.05) is 13.0 Å². The third-order valence-corrected chi connectivity index (χ3v) is 6.57. The molecule has 0 unspecified atom stereocenters. The van der Waals surface area contributed by atoms with Crippen LogP contribution in [0.15, 0.2) is 24.5 Å². The first-order valence-electron chi connectivity index (χ1n) is 8.18. The van der Waals surface area contributed by atoms with E-state index in [2.05, 4.69) is 16.8 Å². The molecule has 0 aliphatic carbocycles. The van der Waals surface area contributed by atoms with Crippen molar-refractivity contribution in [1.29, 1.82) is 0 Å². The van der Waals surface area contributed by atoms with Crippen molar-refractivity contribution in [2.75, 3.05) is 31.9 Å². The molecule has 3 heterocycles. The van der Waals surface area contributed by atoms with Crippen LogP contribution in [0.4, 0.5) is 0 Å². The summed E-state index contributed by atoms with van der Waals surface area (Å²) in [7, 11) is -3.21. The highest BCUT2D eigenvalue weighted by Gasteiger charge is 2.38. The smallest absolute Gasteiger partial charge is 0.215 e. The minimum absolute atomic E-state index is 0.0488. The van der Waals surface area contributed by atoms with Gasteiger partial charge in [0.15, 0.2) is 0 Å². The van der Waals surface area contributed by atoms with Gasteiger partial charge in [-0.2, -0.15) is 4.31 Å². The molecule has 2 saturated heterocycles. The van der Waals surface area contributed by atoms with Gasteiger partial charge in [-0.15, -0.1) is 0 Å². The molecule has 122 valence electrons. The zero-order chi connectivity index (χ0) is 15.6. The molecular weight excluding hydrogens is 298 g/mol. The highest BCUT2D eigenvalue weighted by molar-refractivity contribution is 7.89. The standard InChI is InChI=1S/C16H25N3O2S/c1-14-11-16(15-5-4-6-17-12-15)19(13-14)22(20,21)10-9-18-7-2-3-8-18/h4-6,12,14,16H,2-3,7-11,13H2,1H3/t14-,16+/m1/s1. The molecule has 2 aliphatic heterocycles. The second kappa shape index (κ2) is 6.64. The molecule has 2 aliphatic rings. The van der Waals surface area contributed by atoms with Crippen molar-refractivity contribution >= 4 is 10.0 Å². The zero-order valence-electron chi connectivity index (χ0n) is 13.2. The number of hydrogen-bond acceptors (Lipinski definition) is 4. The molecular formula is C16H25N3O2S. The van der Waals surface area contributed by atoms with Crippen molar-refractivity contribution in [1.82, 2.24) is 14.2 Å². The number of nitrogens with zero attached hydrogens (tertiary/aromatic N) is 3. The van der Waals surface area contributed by atoms with Crippen molar-refractivity contribution in [2.45, 2.75) is 32.2 Å². The van der Waals surface area contributed by atoms with Crippen LogP contribution in [0.5, 0.6) is 0 Å². The molecule has 0 radical (unpaired) electrons. The predicted octanol–water partition coefficient (Wildman–Crippen LogP) is 1.89. The number of hydrogen-bond donors (Lipinski definition) is 0. The van der Waals surface area contributed by atoms with Gasteiger partial charge in [0.2, 0.25) is 10.0 Å². The summed E-state index contributed by atoms with van der Waals surface area (Å²) in [5.74, 6) is 0.628. The molecule has 0 saturated carbocycles. The quantitative estimate of drug-likeness (QED) is 0.830. The fourth-order valence-electron chi connectivity index (χ4n) is 3.56. The van der Waals surface area contributed by atoms with E-state index in [4.69, 9.17) is 0 Å². The fourth-order valence-corrected chi connectivity index (χ4v) is 5.36. The molecule has 22 heavy (non-hydrogen) atoms. The lowest BCUT2D eigenvalue weighted by atomic mass is 10.0. The topological polar surface area (TPSA) is 53.5 Å². The summed E-state index contributed by atoms with van der Waals surface area (Å²) in [6.45, 7) is 5.49. The summed E-state index contributed by atoms with van der Waals surface area (Å²) in [5, 5.41) is 0. The van der Waals surface area contributed by atoms with E-state index in [1.54, 1.807) is 16.7 Å². The number of rotatable bonds is 5. The Morgan fingerprint density at radius 1 is 1.32 bits per heavy atom. The van der Waals surface area contributed by atoms with Crippen molar-refractivity contribution in [3.8, 4) is 0 Å². The molecule has 3 rings (SSSR count). The second-order valence-corrected chi connectivity index (χ2v) is 8.62. The van der Waals surface area contributed by atoms with Crippen LogP contribution in [0, 0.1) is 5.92 Å². The molecule has 0 bridgehead atoms. The molecule has 0 amide bonds. The summed E-state index contributed by atoms with van der Waals surface area (Å²) < 4.78 is 27.3. The van der Waals surface area contributed by atoms with Gasteiger partial charge < -0.3 is 4.90 Å². The summed E-state index contributed by atoms with van der Waals surface area (Å²) >= 11 is 0. The van der Waals surface area contributed by atoms with Crippen molar-refractivity contribution in [3.05, 3.63) is 30.1 Å². The average Bonchev–Trinajstić information content (AvgIpc) is 3.16. The molecule has 0 aromatic carbocycles. The minimum atomic E-state index is -3.21. The monoisotopic (exact) mass is 323 g/mol. The molecule has 0 N–H and O–H groups in total. The van der Waals surface area contributed by atoms with Crippen LogP contribution in [0.2, 0.25) is 0 Å². The Kier molecular flexibility index (Phi) is 4.80. The molecule has 1 aromatic rings. The molecule has 2 fully saturated rings. The summed E-state index contributed by atoms with van der Waals surface area (Å²) in [6, 6.07) is 3.82. The van der Waals surface area contributed by atoms with Gasteiger partial charge in [0, 0.05) is 25.5 Å². The summed E-state index contributed by atoms with van der Waals surface area (Å²) in [4.78, 5) is 6.41. The fraction of sp³-hybridized carbons (Fsp3) is 0.688. The van der Waals surface area contributed by atoms with E-state index >= 15 is 0 Å². The van der Waals surface area contributed by atoms with Crippen LogP contribution in [0.1, 0.15) is 37.8 Å². The van der Waals surface area contributed by atoms with Gasteiger partial charge in [0.25, 0.3) is 0 Å². The minimum Gasteiger partial charge on any atom is -0.302 e. The molecule has 5 nitrogen and oxygen atoms in total. The van der Waals surface area contributed by atoms with Crippen molar-refractivity contribution in [2.24, 2.45) is 5.92 Å². The Morgan fingerprint density at radius 3 is 2.77 bits per heavy atom. The van der Waals surface area contributed by atoms with Crippen LogP contribution in [-0.4, -0.2) is 54.5 Å². The maximum Gasteiger partial charge on any atom is 0.215 e. The van der Waals surface area contributed by atoms with Crippen molar-refractivity contribution in [3.63, 3.8) is 0 Å². The van der Waals surface area contributed by atoms with E-state index in [9.17, 15) is 8.42 Å². The number of sulfonamides is 1. The van der Waals surface area contributed by atoms with Gasteiger partial charge in [0.05, 0.1) is 11.8 Å². The van der Waals surface area contributed by atoms with Gasteiger partial charge in [-0.3, -0.25) is 4.98 Å². The van der Waals surface area contributed by atoms with E-state index in [1.165, 1.54) is 12.8 Å². The molecule has 6 heteroatoms. The van der Waals surface area contributed by atoms with Crippen LogP contribution in [0.25, 0.3) is 0 Å². The Balaban J connectivity index is 1.72. The molecule has 2 atom stereocenters.